The molecule has 2 unspecified atom stereocenters. The third kappa shape index (κ3) is 1.96. The van der Waals surface area contributed by atoms with Gasteiger partial charge in [0.25, 0.3) is 0 Å². The molecular weight excluding hydrogens is 190 g/mol. The molecule has 0 aromatic heterocycles. The summed E-state index contributed by atoms with van der Waals surface area (Å²) in [5.74, 6) is -0.906. The summed E-state index contributed by atoms with van der Waals surface area (Å²) in [6.07, 6.45) is 1.74. The van der Waals surface area contributed by atoms with Gasteiger partial charge in [-0.25, -0.2) is 0 Å². The largest absolute Gasteiger partial charge is 0.481 e. The van der Waals surface area contributed by atoms with Crippen LogP contribution in [-0.2, 0) is 4.79 Å². The Bertz CT molecular complexity index is 376. The second-order valence-corrected chi connectivity index (χ2v) is 4.09. The highest BCUT2D eigenvalue weighted by atomic mass is 16.4. The van der Waals surface area contributed by atoms with Gasteiger partial charge in [-0.3, -0.25) is 4.79 Å². The molecule has 2 rings (SSSR count). The maximum atomic E-state index is 10.8. The first-order valence-electron chi connectivity index (χ1n) is 5.23. The van der Waals surface area contributed by atoms with Crippen LogP contribution in [0, 0.1) is 12.8 Å². The number of benzene rings is 1. The lowest BCUT2D eigenvalue weighted by molar-refractivity contribution is -0.144. The highest BCUT2D eigenvalue weighted by Gasteiger charge is 2.36. The van der Waals surface area contributed by atoms with Crippen LogP contribution in [0.5, 0.6) is 0 Å². The molecule has 0 heterocycles. The number of carboxylic acids is 1. The van der Waals surface area contributed by atoms with Gasteiger partial charge in [-0.1, -0.05) is 18.2 Å². The van der Waals surface area contributed by atoms with Crippen molar-refractivity contribution < 1.29 is 9.90 Å². The van der Waals surface area contributed by atoms with E-state index in [1.54, 1.807) is 0 Å². The molecule has 0 amide bonds. The van der Waals surface area contributed by atoms with Gasteiger partial charge in [0, 0.05) is 11.7 Å². The number of rotatable bonds is 3. The number of nitrogens with one attached hydrogen (secondary N) is 1. The highest BCUT2D eigenvalue weighted by molar-refractivity contribution is 5.73. The molecule has 15 heavy (non-hydrogen) atoms. The molecule has 0 aliphatic heterocycles. The Balaban J connectivity index is 2.04. The van der Waals surface area contributed by atoms with E-state index >= 15 is 0 Å². The molecule has 0 bridgehead atoms. The Morgan fingerprint density at radius 2 is 2.13 bits per heavy atom. The van der Waals surface area contributed by atoms with Crippen LogP contribution in [0.3, 0.4) is 0 Å². The lowest BCUT2D eigenvalue weighted by Crippen LogP contribution is -2.43. The SMILES string of the molecule is Cc1ccccc1NC1CCC1C(=O)O. The van der Waals surface area contributed by atoms with Gasteiger partial charge in [-0.05, 0) is 31.4 Å². The normalized spacial score (nSPS) is 24.3. The van der Waals surface area contributed by atoms with E-state index in [0.29, 0.717) is 0 Å². The van der Waals surface area contributed by atoms with Gasteiger partial charge in [0.2, 0.25) is 0 Å². The molecule has 1 saturated carbocycles. The standard InChI is InChI=1S/C12H15NO2/c1-8-4-2-3-5-10(8)13-11-7-6-9(11)12(14)15/h2-5,9,11,13H,6-7H2,1H3,(H,14,15). The van der Waals surface area contributed by atoms with Gasteiger partial charge < -0.3 is 10.4 Å². The van der Waals surface area contributed by atoms with E-state index in [-0.39, 0.29) is 12.0 Å². The van der Waals surface area contributed by atoms with Crippen molar-refractivity contribution in [1.29, 1.82) is 0 Å². The monoisotopic (exact) mass is 205 g/mol. The minimum absolute atomic E-state index is 0.101. The number of aliphatic carboxylic acids is 1. The number of anilines is 1. The Morgan fingerprint density at radius 3 is 2.67 bits per heavy atom. The predicted octanol–water partition coefficient (Wildman–Crippen LogP) is 2.27. The molecule has 2 N–H and O–H groups in total. The third-order valence-corrected chi connectivity index (χ3v) is 3.08. The predicted molar refractivity (Wildman–Crippen MR) is 58.9 cm³/mol. The molecule has 1 aromatic carbocycles. The molecule has 0 saturated heterocycles. The molecule has 80 valence electrons. The number of para-hydroxylation sites is 1. The lowest BCUT2D eigenvalue weighted by Gasteiger charge is -2.35. The summed E-state index contributed by atoms with van der Waals surface area (Å²) in [4.78, 5) is 10.8. The van der Waals surface area contributed by atoms with Crippen LogP contribution in [0.1, 0.15) is 18.4 Å². The average Bonchev–Trinajstić information content (AvgIpc) is 2.13. The van der Waals surface area contributed by atoms with Crippen molar-refractivity contribution >= 4 is 11.7 Å². The van der Waals surface area contributed by atoms with Crippen molar-refractivity contribution in [2.24, 2.45) is 5.92 Å². The van der Waals surface area contributed by atoms with Crippen molar-refractivity contribution in [3.05, 3.63) is 29.8 Å². The molecular formula is C12H15NO2. The summed E-state index contributed by atoms with van der Waals surface area (Å²) in [6.45, 7) is 2.02. The fourth-order valence-corrected chi connectivity index (χ4v) is 1.90. The van der Waals surface area contributed by atoms with Crippen LogP contribution in [0.2, 0.25) is 0 Å². The van der Waals surface area contributed by atoms with E-state index in [0.717, 1.165) is 24.1 Å². The van der Waals surface area contributed by atoms with Gasteiger partial charge in [0.1, 0.15) is 0 Å². The minimum Gasteiger partial charge on any atom is -0.481 e. The van der Waals surface area contributed by atoms with E-state index in [1.807, 2.05) is 31.2 Å². The molecule has 1 aromatic rings. The van der Waals surface area contributed by atoms with E-state index in [9.17, 15) is 4.79 Å². The maximum Gasteiger partial charge on any atom is 0.308 e. The van der Waals surface area contributed by atoms with Crippen LogP contribution in [-0.4, -0.2) is 17.1 Å². The summed E-state index contributed by atoms with van der Waals surface area (Å²) in [7, 11) is 0. The summed E-state index contributed by atoms with van der Waals surface area (Å²) < 4.78 is 0. The summed E-state index contributed by atoms with van der Waals surface area (Å²) in [5.41, 5.74) is 2.21. The Kier molecular flexibility index (Phi) is 2.62. The van der Waals surface area contributed by atoms with Crippen LogP contribution < -0.4 is 5.32 Å². The van der Waals surface area contributed by atoms with Gasteiger partial charge in [-0.15, -0.1) is 0 Å². The fourth-order valence-electron chi connectivity index (χ4n) is 1.90. The zero-order valence-electron chi connectivity index (χ0n) is 8.73. The summed E-state index contributed by atoms with van der Waals surface area (Å²) in [6, 6.07) is 8.06. The number of carboxylic acid groups (broad SMARTS) is 1. The van der Waals surface area contributed by atoms with E-state index in [4.69, 9.17) is 5.11 Å². The zero-order chi connectivity index (χ0) is 10.8. The van der Waals surface area contributed by atoms with E-state index < -0.39 is 5.97 Å². The van der Waals surface area contributed by atoms with Crippen molar-refractivity contribution in [3.63, 3.8) is 0 Å². The molecule has 3 nitrogen and oxygen atoms in total. The first-order valence-corrected chi connectivity index (χ1v) is 5.23. The van der Waals surface area contributed by atoms with Gasteiger partial charge in [0.15, 0.2) is 0 Å². The second-order valence-electron chi connectivity index (χ2n) is 4.09. The number of hydrogen-bond acceptors (Lipinski definition) is 2. The Hall–Kier alpha value is -1.51. The van der Waals surface area contributed by atoms with E-state index in [1.165, 1.54) is 0 Å². The Morgan fingerprint density at radius 1 is 1.40 bits per heavy atom. The smallest absolute Gasteiger partial charge is 0.308 e. The molecule has 1 fully saturated rings. The van der Waals surface area contributed by atoms with E-state index in [2.05, 4.69) is 5.32 Å². The fraction of sp³-hybridized carbons (Fsp3) is 0.417. The highest BCUT2D eigenvalue weighted by Crippen LogP contribution is 2.31. The van der Waals surface area contributed by atoms with Crippen molar-refractivity contribution in [3.8, 4) is 0 Å². The number of hydrogen-bond donors (Lipinski definition) is 2. The molecule has 2 atom stereocenters. The number of carbonyl (C=O) groups is 1. The molecule has 1 aliphatic carbocycles. The minimum atomic E-state index is -0.688. The van der Waals surface area contributed by atoms with Gasteiger partial charge >= 0.3 is 5.97 Å². The van der Waals surface area contributed by atoms with Crippen molar-refractivity contribution in [1.82, 2.24) is 0 Å². The van der Waals surface area contributed by atoms with Crippen LogP contribution in [0.4, 0.5) is 5.69 Å². The van der Waals surface area contributed by atoms with Crippen LogP contribution in [0.25, 0.3) is 0 Å². The quantitative estimate of drug-likeness (QED) is 0.795. The maximum absolute atomic E-state index is 10.8. The number of aryl methyl sites for hydroxylation is 1. The third-order valence-electron chi connectivity index (χ3n) is 3.08. The summed E-state index contributed by atoms with van der Waals surface area (Å²) in [5, 5.41) is 12.2. The topological polar surface area (TPSA) is 49.3 Å². The zero-order valence-corrected chi connectivity index (χ0v) is 8.73. The van der Waals surface area contributed by atoms with Crippen LogP contribution in [0.15, 0.2) is 24.3 Å². The average molecular weight is 205 g/mol. The molecule has 3 heteroatoms. The van der Waals surface area contributed by atoms with Crippen LogP contribution >= 0.6 is 0 Å². The van der Waals surface area contributed by atoms with Gasteiger partial charge in [0.05, 0.1) is 5.92 Å². The first kappa shape index (κ1) is 10.0. The molecule has 0 spiro atoms. The lowest BCUT2D eigenvalue weighted by atomic mass is 9.79. The Labute approximate surface area is 89.1 Å². The molecule has 0 radical (unpaired) electrons. The second kappa shape index (κ2) is 3.93. The molecule has 1 aliphatic rings. The van der Waals surface area contributed by atoms with Crippen molar-refractivity contribution in [2.45, 2.75) is 25.8 Å². The summed E-state index contributed by atoms with van der Waals surface area (Å²) >= 11 is 0. The van der Waals surface area contributed by atoms with Gasteiger partial charge in [-0.2, -0.15) is 0 Å². The van der Waals surface area contributed by atoms with Crippen molar-refractivity contribution in [2.75, 3.05) is 5.32 Å². The first-order chi connectivity index (χ1) is 7.18.